The van der Waals surface area contributed by atoms with Crippen LogP contribution in [0, 0.1) is 0 Å². The molecule has 4 rings (SSSR count). The fourth-order valence-electron chi connectivity index (χ4n) is 4.11. The number of amides is 2. The van der Waals surface area contributed by atoms with E-state index in [4.69, 9.17) is 15.2 Å². The van der Waals surface area contributed by atoms with Crippen LogP contribution in [0.1, 0.15) is 18.6 Å². The molecule has 1 saturated heterocycles. The minimum atomic E-state index is -0.781. The molecule has 178 valence electrons. The number of nitrogens with two attached hydrogens (primary N) is 1. The summed E-state index contributed by atoms with van der Waals surface area (Å²) in [6.45, 7) is 5.96. The maximum Gasteiger partial charge on any atom is 0.248 e. The second-order valence-corrected chi connectivity index (χ2v) is 8.13. The lowest BCUT2D eigenvalue weighted by Crippen LogP contribution is -2.56. The van der Waals surface area contributed by atoms with E-state index < -0.39 is 24.1 Å². The Morgan fingerprint density at radius 3 is 2.45 bits per heavy atom. The van der Waals surface area contributed by atoms with E-state index in [1.54, 1.807) is 11.8 Å². The molecule has 9 heteroatoms. The Bertz CT molecular complexity index is 939. The summed E-state index contributed by atoms with van der Waals surface area (Å²) in [5.41, 5.74) is 7.08. The van der Waals surface area contributed by atoms with E-state index in [0.717, 1.165) is 30.9 Å². The van der Waals surface area contributed by atoms with E-state index in [-0.39, 0.29) is 18.3 Å². The molecule has 2 heterocycles. The van der Waals surface area contributed by atoms with Gasteiger partial charge in [0.25, 0.3) is 0 Å². The molecule has 1 fully saturated rings. The highest BCUT2D eigenvalue weighted by molar-refractivity contribution is 6.00. The summed E-state index contributed by atoms with van der Waals surface area (Å²) in [6, 6.07) is 15.7. The number of carbonyl (C=O) groups excluding carboxylic acids is 2. The lowest BCUT2D eigenvalue weighted by Gasteiger charge is -2.32. The van der Waals surface area contributed by atoms with Crippen molar-refractivity contribution in [3.8, 4) is 5.75 Å². The second kappa shape index (κ2) is 11.5. The normalized spacial score (nSPS) is 21.8. The van der Waals surface area contributed by atoms with Crippen LogP contribution in [0.3, 0.4) is 0 Å². The van der Waals surface area contributed by atoms with Gasteiger partial charge < -0.3 is 20.1 Å². The van der Waals surface area contributed by atoms with Gasteiger partial charge in [-0.1, -0.05) is 42.5 Å². The van der Waals surface area contributed by atoms with Crippen molar-refractivity contribution >= 4 is 29.9 Å². The number of primary amides is 1. The Labute approximate surface area is 200 Å². The summed E-state index contributed by atoms with van der Waals surface area (Å²) in [5.74, 6) is -0.0379. The van der Waals surface area contributed by atoms with E-state index in [1.165, 1.54) is 0 Å². The van der Waals surface area contributed by atoms with Gasteiger partial charge in [0.1, 0.15) is 17.9 Å². The fraction of sp³-hybridized carbons (Fsp3) is 0.417. The zero-order chi connectivity index (χ0) is 22.5. The third kappa shape index (κ3) is 5.83. The number of morpholine rings is 1. The summed E-state index contributed by atoms with van der Waals surface area (Å²) in [7, 11) is 0. The quantitative estimate of drug-likeness (QED) is 0.634. The summed E-state index contributed by atoms with van der Waals surface area (Å²) in [5, 5.41) is 3.14. The van der Waals surface area contributed by atoms with Crippen LogP contribution in [0.5, 0.6) is 5.75 Å². The standard InChI is InChI=1S/C24H30N4O4.ClH/c1-17(23(25)29)26-21-22(18-7-3-2-4-8-18)32-20-10-6-5-9-19(20)28(24(21)30)12-11-27-13-15-31-16-14-27;/h2-10,17,21-22,26H,11-16H2,1H3,(H2,25,29);1H/t17-,21+,22-;/m0./s1. The first-order valence-electron chi connectivity index (χ1n) is 11.0. The van der Waals surface area contributed by atoms with Gasteiger partial charge in [-0.3, -0.25) is 19.8 Å². The van der Waals surface area contributed by atoms with Crippen molar-refractivity contribution < 1.29 is 19.1 Å². The fourth-order valence-corrected chi connectivity index (χ4v) is 4.11. The minimum Gasteiger partial charge on any atom is -0.481 e. The third-order valence-corrected chi connectivity index (χ3v) is 5.97. The molecule has 0 saturated carbocycles. The predicted octanol–water partition coefficient (Wildman–Crippen LogP) is 1.74. The average Bonchev–Trinajstić information content (AvgIpc) is 2.93. The van der Waals surface area contributed by atoms with Gasteiger partial charge in [0.2, 0.25) is 11.8 Å². The summed E-state index contributed by atoms with van der Waals surface area (Å²) < 4.78 is 11.9. The number of hydrogen-bond donors (Lipinski definition) is 2. The number of anilines is 1. The molecule has 33 heavy (non-hydrogen) atoms. The number of nitrogens with one attached hydrogen (secondary N) is 1. The van der Waals surface area contributed by atoms with Gasteiger partial charge in [0, 0.05) is 26.2 Å². The molecule has 3 N–H and O–H groups in total. The van der Waals surface area contributed by atoms with Crippen molar-refractivity contribution in [2.24, 2.45) is 5.73 Å². The first kappa shape index (κ1) is 25.0. The number of carbonyl (C=O) groups is 2. The molecule has 0 bridgehead atoms. The molecule has 0 radical (unpaired) electrons. The summed E-state index contributed by atoms with van der Waals surface area (Å²) in [6.07, 6.45) is -0.611. The molecule has 0 aromatic heterocycles. The maximum atomic E-state index is 13.9. The van der Waals surface area contributed by atoms with Crippen LogP contribution in [-0.2, 0) is 14.3 Å². The predicted molar refractivity (Wildman–Crippen MR) is 129 cm³/mol. The molecule has 0 spiro atoms. The molecular weight excluding hydrogens is 444 g/mol. The molecule has 2 amide bonds. The topological polar surface area (TPSA) is 97.1 Å². The number of nitrogens with zero attached hydrogens (tertiary/aromatic N) is 2. The number of hydrogen-bond acceptors (Lipinski definition) is 6. The lowest BCUT2D eigenvalue weighted by molar-refractivity contribution is -0.124. The van der Waals surface area contributed by atoms with Crippen LogP contribution in [0.2, 0.25) is 0 Å². The zero-order valence-corrected chi connectivity index (χ0v) is 19.5. The van der Waals surface area contributed by atoms with Gasteiger partial charge >= 0.3 is 0 Å². The maximum absolute atomic E-state index is 13.9. The molecule has 0 unspecified atom stereocenters. The van der Waals surface area contributed by atoms with Crippen molar-refractivity contribution in [3.63, 3.8) is 0 Å². The van der Waals surface area contributed by atoms with Gasteiger partial charge in [0.15, 0.2) is 0 Å². The molecule has 0 aliphatic carbocycles. The first-order valence-corrected chi connectivity index (χ1v) is 11.0. The molecular formula is C24H31ClN4O4. The minimum absolute atomic E-state index is 0. The molecule has 2 aromatic rings. The van der Waals surface area contributed by atoms with Crippen LogP contribution in [0.15, 0.2) is 54.6 Å². The Balaban J connectivity index is 0.00000306. The third-order valence-electron chi connectivity index (χ3n) is 5.97. The highest BCUT2D eigenvalue weighted by atomic mass is 35.5. The van der Waals surface area contributed by atoms with E-state index in [9.17, 15) is 9.59 Å². The Morgan fingerprint density at radius 1 is 1.09 bits per heavy atom. The number of para-hydroxylation sites is 2. The Morgan fingerprint density at radius 2 is 1.76 bits per heavy atom. The Hall–Kier alpha value is -2.65. The van der Waals surface area contributed by atoms with Crippen LogP contribution < -0.4 is 20.7 Å². The van der Waals surface area contributed by atoms with Gasteiger partial charge in [-0.15, -0.1) is 12.4 Å². The van der Waals surface area contributed by atoms with Crippen LogP contribution >= 0.6 is 12.4 Å². The SMILES string of the molecule is C[C@H](N[C@H]1C(=O)N(CCN2CCOCC2)c2ccccc2O[C@H]1c1ccccc1)C(N)=O.Cl. The number of ether oxygens (including phenoxy) is 2. The zero-order valence-electron chi connectivity index (χ0n) is 18.7. The smallest absolute Gasteiger partial charge is 0.248 e. The van der Waals surface area contributed by atoms with Crippen molar-refractivity contribution in [2.75, 3.05) is 44.3 Å². The van der Waals surface area contributed by atoms with Crippen LogP contribution in [0.25, 0.3) is 0 Å². The van der Waals surface area contributed by atoms with E-state index in [1.807, 2.05) is 54.6 Å². The van der Waals surface area contributed by atoms with Gasteiger partial charge in [0.05, 0.1) is 24.9 Å². The van der Waals surface area contributed by atoms with Crippen molar-refractivity contribution in [3.05, 3.63) is 60.2 Å². The molecule has 3 atom stereocenters. The van der Waals surface area contributed by atoms with Crippen molar-refractivity contribution in [1.29, 1.82) is 0 Å². The lowest BCUT2D eigenvalue weighted by atomic mass is 10.00. The largest absolute Gasteiger partial charge is 0.481 e. The van der Waals surface area contributed by atoms with Gasteiger partial charge in [-0.25, -0.2) is 0 Å². The highest BCUT2D eigenvalue weighted by Gasteiger charge is 2.40. The average molecular weight is 475 g/mol. The highest BCUT2D eigenvalue weighted by Crippen LogP contribution is 2.37. The number of halogens is 1. The number of fused-ring (bicyclic) bond motifs is 1. The summed E-state index contributed by atoms with van der Waals surface area (Å²) in [4.78, 5) is 29.8. The second-order valence-electron chi connectivity index (χ2n) is 8.13. The van der Waals surface area contributed by atoms with Gasteiger partial charge in [-0.2, -0.15) is 0 Å². The number of rotatable bonds is 7. The monoisotopic (exact) mass is 474 g/mol. The number of benzene rings is 2. The van der Waals surface area contributed by atoms with Gasteiger partial charge in [-0.05, 0) is 24.6 Å². The van der Waals surface area contributed by atoms with Crippen molar-refractivity contribution in [1.82, 2.24) is 10.2 Å². The van der Waals surface area contributed by atoms with E-state index >= 15 is 0 Å². The first-order chi connectivity index (χ1) is 15.5. The van der Waals surface area contributed by atoms with Crippen LogP contribution in [-0.4, -0.2) is 68.2 Å². The van der Waals surface area contributed by atoms with E-state index in [0.29, 0.717) is 25.5 Å². The molecule has 2 aliphatic heterocycles. The Kier molecular flexibility index (Phi) is 8.68. The van der Waals surface area contributed by atoms with Crippen molar-refractivity contribution in [2.45, 2.75) is 25.1 Å². The molecule has 2 aromatic carbocycles. The van der Waals surface area contributed by atoms with Crippen LogP contribution in [0.4, 0.5) is 5.69 Å². The summed E-state index contributed by atoms with van der Waals surface area (Å²) >= 11 is 0. The molecule has 8 nitrogen and oxygen atoms in total. The van der Waals surface area contributed by atoms with E-state index in [2.05, 4.69) is 10.2 Å². The molecule has 2 aliphatic rings.